The van der Waals surface area contributed by atoms with E-state index in [0.29, 0.717) is 33.0 Å². The Hall–Kier alpha value is -3.99. The smallest absolute Gasteiger partial charge is 0.354 e. The van der Waals surface area contributed by atoms with E-state index in [-0.39, 0.29) is 18.9 Å². The number of thiazole rings is 1. The van der Waals surface area contributed by atoms with E-state index in [9.17, 15) is 19.2 Å². The Bertz CT molecular complexity index is 1400. The zero-order valence-electron chi connectivity index (χ0n) is 16.3. The van der Waals surface area contributed by atoms with E-state index in [2.05, 4.69) is 25.0 Å². The van der Waals surface area contributed by atoms with Gasteiger partial charge in [0.05, 0.1) is 23.7 Å². The van der Waals surface area contributed by atoms with E-state index in [1.165, 1.54) is 23.0 Å². The van der Waals surface area contributed by atoms with Gasteiger partial charge in [0.25, 0.3) is 5.56 Å². The number of aryl methyl sites for hydroxylation is 1. The van der Waals surface area contributed by atoms with Crippen LogP contribution in [0.3, 0.4) is 0 Å². The maximum Gasteiger partial charge on any atom is 0.354 e. The number of benzene rings is 1. The summed E-state index contributed by atoms with van der Waals surface area (Å²) in [5, 5.41) is 5.22. The van der Waals surface area contributed by atoms with Crippen LogP contribution in [0.1, 0.15) is 16.9 Å². The predicted molar refractivity (Wildman–Crippen MR) is 115 cm³/mol. The zero-order valence-corrected chi connectivity index (χ0v) is 17.1. The van der Waals surface area contributed by atoms with Crippen molar-refractivity contribution in [2.24, 2.45) is 0 Å². The molecule has 11 heteroatoms. The molecule has 3 aromatic heterocycles. The lowest BCUT2D eigenvalue weighted by Gasteiger charge is -2.09. The molecule has 31 heavy (non-hydrogen) atoms. The van der Waals surface area contributed by atoms with Gasteiger partial charge >= 0.3 is 11.7 Å². The van der Waals surface area contributed by atoms with Crippen LogP contribution in [0.5, 0.6) is 0 Å². The van der Waals surface area contributed by atoms with Crippen LogP contribution in [0.2, 0.25) is 0 Å². The molecule has 0 spiro atoms. The molecule has 0 unspecified atom stereocenters. The number of nitrogens with zero attached hydrogens (tertiary/aromatic N) is 2. The van der Waals surface area contributed by atoms with Crippen molar-refractivity contribution in [2.45, 2.75) is 13.0 Å². The Morgan fingerprint density at radius 2 is 2.06 bits per heavy atom. The fourth-order valence-corrected chi connectivity index (χ4v) is 3.83. The van der Waals surface area contributed by atoms with Gasteiger partial charge in [0.2, 0.25) is 5.91 Å². The van der Waals surface area contributed by atoms with Crippen molar-refractivity contribution in [3.05, 3.63) is 68.4 Å². The summed E-state index contributed by atoms with van der Waals surface area (Å²) in [7, 11) is 1.29. The summed E-state index contributed by atoms with van der Waals surface area (Å²) in [4.78, 5) is 57.5. The van der Waals surface area contributed by atoms with E-state index in [1.807, 2.05) is 0 Å². The van der Waals surface area contributed by atoms with Crippen molar-refractivity contribution < 1.29 is 14.3 Å². The number of aromatic amines is 2. The molecule has 3 N–H and O–H groups in total. The van der Waals surface area contributed by atoms with Gasteiger partial charge in [-0.15, -0.1) is 11.3 Å². The number of H-pyrrole nitrogens is 2. The second-order valence-electron chi connectivity index (χ2n) is 6.56. The summed E-state index contributed by atoms with van der Waals surface area (Å²) >= 11 is 1.24. The topological polar surface area (TPSA) is 139 Å². The molecule has 3 heterocycles. The number of anilines is 1. The van der Waals surface area contributed by atoms with Crippen LogP contribution in [-0.2, 0) is 16.1 Å². The lowest BCUT2D eigenvalue weighted by Crippen LogP contribution is -2.31. The highest BCUT2D eigenvalue weighted by molar-refractivity contribution is 7.14. The highest BCUT2D eigenvalue weighted by atomic mass is 32.1. The molecular formula is C20H17N5O5S. The molecule has 0 bridgehead atoms. The second kappa shape index (κ2) is 8.40. The highest BCUT2D eigenvalue weighted by Gasteiger charge is 2.14. The Labute approximate surface area is 178 Å². The van der Waals surface area contributed by atoms with E-state index >= 15 is 0 Å². The summed E-state index contributed by atoms with van der Waals surface area (Å²) in [6, 6.07) is 8.32. The van der Waals surface area contributed by atoms with Crippen molar-refractivity contribution in [2.75, 3.05) is 12.4 Å². The minimum atomic E-state index is -0.568. The van der Waals surface area contributed by atoms with E-state index in [1.54, 1.807) is 41.9 Å². The van der Waals surface area contributed by atoms with E-state index in [0.717, 1.165) is 0 Å². The van der Waals surface area contributed by atoms with Crippen LogP contribution in [0.15, 0.2) is 51.5 Å². The minimum Gasteiger partial charge on any atom is -0.464 e. The third-order valence-electron chi connectivity index (χ3n) is 4.60. The van der Waals surface area contributed by atoms with Crippen LogP contribution in [-0.4, -0.2) is 38.5 Å². The first-order valence-corrected chi connectivity index (χ1v) is 10.1. The second-order valence-corrected chi connectivity index (χ2v) is 7.42. The predicted octanol–water partition coefficient (Wildman–Crippen LogP) is 1.96. The number of para-hydroxylation sites is 1. The molecule has 0 aliphatic carbocycles. The SMILES string of the molecule is COC(=O)c1cc(-c2csc(NC(=O)CCn3c(=O)[nH]c(=O)c4ccccc43)n2)c[nH]1. The fraction of sp³-hybridized carbons (Fsp3) is 0.150. The average Bonchev–Trinajstić information content (AvgIpc) is 3.42. The quantitative estimate of drug-likeness (QED) is 0.393. The van der Waals surface area contributed by atoms with Crippen LogP contribution >= 0.6 is 11.3 Å². The maximum atomic E-state index is 12.4. The number of hydrogen-bond acceptors (Lipinski definition) is 7. The van der Waals surface area contributed by atoms with Gasteiger partial charge in [-0.1, -0.05) is 12.1 Å². The summed E-state index contributed by atoms with van der Waals surface area (Å²) in [5.74, 6) is -0.813. The molecule has 1 aromatic carbocycles. The molecule has 0 fully saturated rings. The fourth-order valence-electron chi connectivity index (χ4n) is 3.09. The average molecular weight is 439 g/mol. The van der Waals surface area contributed by atoms with Gasteiger partial charge in [0.1, 0.15) is 5.69 Å². The number of methoxy groups -OCH3 is 1. The molecule has 4 aromatic rings. The molecule has 0 aliphatic heterocycles. The number of rotatable bonds is 6. The van der Waals surface area contributed by atoms with Gasteiger partial charge in [-0.25, -0.2) is 14.6 Å². The number of aromatic nitrogens is 4. The molecule has 0 saturated carbocycles. The van der Waals surface area contributed by atoms with Crippen molar-refractivity contribution in [3.63, 3.8) is 0 Å². The summed E-state index contributed by atoms with van der Waals surface area (Å²) in [5.41, 5.74) is 1.01. The molecule has 0 atom stereocenters. The first kappa shape index (κ1) is 20.3. The largest absolute Gasteiger partial charge is 0.464 e. The standard InChI is InChI=1S/C20H17N5O5S/c1-30-18(28)13-8-11(9-21-13)14-10-31-19(22-14)23-16(26)6-7-25-15-5-3-2-4-12(15)17(27)24-20(25)29/h2-5,8-10,21H,6-7H2,1H3,(H,22,23,26)(H,24,27,29). The molecule has 4 rings (SSSR count). The third kappa shape index (κ3) is 4.16. The number of nitrogens with one attached hydrogen (secondary N) is 3. The van der Waals surface area contributed by atoms with Gasteiger partial charge in [-0.05, 0) is 18.2 Å². The van der Waals surface area contributed by atoms with Gasteiger partial charge < -0.3 is 15.0 Å². The summed E-state index contributed by atoms with van der Waals surface area (Å²) < 4.78 is 6.02. The first-order chi connectivity index (χ1) is 15.0. The van der Waals surface area contributed by atoms with Crippen molar-refractivity contribution in [1.29, 1.82) is 0 Å². The number of esters is 1. The lowest BCUT2D eigenvalue weighted by molar-refractivity contribution is -0.116. The molecule has 1 amide bonds. The Balaban J connectivity index is 1.44. The van der Waals surface area contributed by atoms with Crippen molar-refractivity contribution >= 4 is 39.2 Å². The molecule has 0 aliphatic rings. The molecule has 158 valence electrons. The van der Waals surface area contributed by atoms with Gasteiger partial charge in [0, 0.05) is 30.1 Å². The van der Waals surface area contributed by atoms with Crippen LogP contribution in [0.4, 0.5) is 5.13 Å². The molecular weight excluding hydrogens is 422 g/mol. The van der Waals surface area contributed by atoms with Crippen molar-refractivity contribution in [3.8, 4) is 11.3 Å². The number of fused-ring (bicyclic) bond motifs is 1. The number of ether oxygens (including phenoxy) is 1. The van der Waals surface area contributed by atoms with Gasteiger partial charge in [-0.3, -0.25) is 19.1 Å². The Kier molecular flexibility index (Phi) is 5.50. The summed E-state index contributed by atoms with van der Waals surface area (Å²) in [6.07, 6.45) is 1.64. The number of carbonyl (C=O) groups is 2. The molecule has 0 radical (unpaired) electrons. The third-order valence-corrected chi connectivity index (χ3v) is 5.36. The monoisotopic (exact) mass is 439 g/mol. The highest BCUT2D eigenvalue weighted by Crippen LogP contribution is 2.25. The first-order valence-electron chi connectivity index (χ1n) is 9.20. The zero-order chi connectivity index (χ0) is 22.0. The van der Waals surface area contributed by atoms with E-state index in [4.69, 9.17) is 0 Å². The lowest BCUT2D eigenvalue weighted by atomic mass is 10.2. The maximum absolute atomic E-state index is 12.4. The number of amides is 1. The summed E-state index contributed by atoms with van der Waals surface area (Å²) in [6.45, 7) is 0.0977. The Morgan fingerprint density at radius 3 is 2.87 bits per heavy atom. The van der Waals surface area contributed by atoms with Gasteiger partial charge in [-0.2, -0.15) is 0 Å². The molecule has 10 nitrogen and oxygen atoms in total. The van der Waals surface area contributed by atoms with Crippen LogP contribution in [0.25, 0.3) is 22.2 Å². The normalized spacial score (nSPS) is 10.9. The Morgan fingerprint density at radius 1 is 1.26 bits per heavy atom. The van der Waals surface area contributed by atoms with Crippen LogP contribution in [0, 0.1) is 0 Å². The molecule has 0 saturated heterocycles. The number of carbonyl (C=O) groups excluding carboxylic acids is 2. The van der Waals surface area contributed by atoms with E-state index < -0.39 is 17.2 Å². The van der Waals surface area contributed by atoms with Crippen molar-refractivity contribution in [1.82, 2.24) is 19.5 Å². The van der Waals surface area contributed by atoms with Crippen LogP contribution < -0.4 is 16.6 Å². The van der Waals surface area contributed by atoms with Gasteiger partial charge in [0.15, 0.2) is 5.13 Å². The minimum absolute atomic E-state index is 0.0154. The number of hydrogen-bond donors (Lipinski definition) is 3.